The van der Waals surface area contributed by atoms with E-state index in [0.29, 0.717) is 22.7 Å². The average Bonchev–Trinajstić information content (AvgIpc) is 2.87. The highest BCUT2D eigenvalue weighted by atomic mass is 35.5. The lowest BCUT2D eigenvalue weighted by atomic mass is 10.0. The van der Waals surface area contributed by atoms with Crippen LogP contribution in [-0.2, 0) is 6.18 Å². The van der Waals surface area contributed by atoms with Crippen molar-refractivity contribution in [2.24, 2.45) is 0 Å². The van der Waals surface area contributed by atoms with E-state index in [4.69, 9.17) is 11.6 Å². The van der Waals surface area contributed by atoms with Crippen molar-refractivity contribution in [3.8, 4) is 0 Å². The lowest BCUT2D eigenvalue weighted by Crippen LogP contribution is -2.29. The third-order valence-electron chi connectivity index (χ3n) is 4.42. The van der Waals surface area contributed by atoms with E-state index in [1.807, 2.05) is 0 Å². The smallest absolute Gasteiger partial charge is 0.268 e. The van der Waals surface area contributed by atoms with E-state index in [0.717, 1.165) is 11.0 Å². The number of hydrogen-bond acceptors (Lipinski definition) is 3. The molecule has 0 saturated heterocycles. The summed E-state index contributed by atoms with van der Waals surface area (Å²) in [5.41, 5.74) is -0.188. The van der Waals surface area contributed by atoms with E-state index in [1.165, 1.54) is 6.07 Å². The fourth-order valence-electron chi connectivity index (χ4n) is 3.24. The van der Waals surface area contributed by atoms with Gasteiger partial charge in [-0.25, -0.2) is 4.90 Å². The topological polar surface area (TPSA) is 50.3 Å². The standard InChI is InChI=1S/C19H10ClF3N2O2/c1-9-15-16(11-4-2-3-5-14(11)24-9)18(27)25(17(15)26)10-6-7-13(20)12(8-10)19(21,22)23/h2-8H,1H3. The van der Waals surface area contributed by atoms with Crippen molar-refractivity contribution in [3.05, 3.63) is 69.9 Å². The summed E-state index contributed by atoms with van der Waals surface area (Å²) in [6.07, 6.45) is -4.71. The summed E-state index contributed by atoms with van der Waals surface area (Å²) in [6, 6.07) is 9.73. The van der Waals surface area contributed by atoms with E-state index in [-0.39, 0.29) is 16.8 Å². The summed E-state index contributed by atoms with van der Waals surface area (Å²) in [7, 11) is 0. The Bertz CT molecular complexity index is 1140. The molecular weight excluding hydrogens is 381 g/mol. The Morgan fingerprint density at radius 3 is 2.37 bits per heavy atom. The van der Waals surface area contributed by atoms with Crippen LogP contribution in [0.2, 0.25) is 5.02 Å². The molecule has 2 aromatic carbocycles. The molecular formula is C19H10ClF3N2O2. The van der Waals surface area contributed by atoms with Crippen molar-refractivity contribution in [2.75, 3.05) is 4.90 Å². The Hall–Kier alpha value is -2.93. The lowest BCUT2D eigenvalue weighted by molar-refractivity contribution is -0.137. The Kier molecular flexibility index (Phi) is 3.75. The zero-order valence-corrected chi connectivity index (χ0v) is 14.5. The van der Waals surface area contributed by atoms with Crippen LogP contribution in [0, 0.1) is 6.92 Å². The van der Waals surface area contributed by atoms with Gasteiger partial charge in [-0.2, -0.15) is 13.2 Å². The van der Waals surface area contributed by atoms with Crippen molar-refractivity contribution in [1.29, 1.82) is 0 Å². The molecule has 0 atom stereocenters. The highest BCUT2D eigenvalue weighted by Crippen LogP contribution is 2.39. The monoisotopic (exact) mass is 390 g/mol. The molecule has 0 N–H and O–H groups in total. The van der Waals surface area contributed by atoms with Gasteiger partial charge in [0.25, 0.3) is 11.8 Å². The summed E-state index contributed by atoms with van der Waals surface area (Å²) in [5.74, 6) is -1.40. The van der Waals surface area contributed by atoms with Crippen LogP contribution in [0.25, 0.3) is 10.9 Å². The predicted molar refractivity (Wildman–Crippen MR) is 94.1 cm³/mol. The van der Waals surface area contributed by atoms with Crippen molar-refractivity contribution in [2.45, 2.75) is 13.1 Å². The fourth-order valence-corrected chi connectivity index (χ4v) is 3.46. The third-order valence-corrected chi connectivity index (χ3v) is 4.75. The Morgan fingerprint density at radius 2 is 1.67 bits per heavy atom. The molecule has 0 fully saturated rings. The quantitative estimate of drug-likeness (QED) is 0.548. The summed E-state index contributed by atoms with van der Waals surface area (Å²) in [5, 5.41) is -0.0323. The number of aryl methyl sites for hydroxylation is 1. The lowest BCUT2D eigenvalue weighted by Gasteiger charge is -2.17. The van der Waals surface area contributed by atoms with E-state index in [1.54, 1.807) is 31.2 Å². The molecule has 0 aliphatic carbocycles. The highest BCUT2D eigenvalue weighted by Gasteiger charge is 2.41. The van der Waals surface area contributed by atoms with Gasteiger partial charge < -0.3 is 0 Å². The summed E-state index contributed by atoms with van der Waals surface area (Å²) in [4.78, 5) is 30.9. The molecule has 8 heteroatoms. The SMILES string of the molecule is Cc1nc2ccccc2c2c1C(=O)N(c1ccc(Cl)c(C(F)(F)F)c1)C2=O. The molecule has 0 spiro atoms. The van der Waals surface area contributed by atoms with E-state index < -0.39 is 28.6 Å². The van der Waals surface area contributed by atoms with Crippen molar-refractivity contribution in [1.82, 2.24) is 4.98 Å². The van der Waals surface area contributed by atoms with E-state index in [9.17, 15) is 22.8 Å². The molecule has 4 rings (SSSR count). The number of rotatable bonds is 1. The summed E-state index contributed by atoms with van der Waals surface area (Å²) >= 11 is 5.63. The molecule has 0 unspecified atom stereocenters. The molecule has 4 nitrogen and oxygen atoms in total. The average molecular weight is 391 g/mol. The van der Waals surface area contributed by atoms with Crippen LogP contribution in [-0.4, -0.2) is 16.8 Å². The van der Waals surface area contributed by atoms with Crippen molar-refractivity contribution in [3.63, 3.8) is 0 Å². The van der Waals surface area contributed by atoms with Gasteiger partial charge in [-0.3, -0.25) is 14.6 Å². The first kappa shape index (κ1) is 17.5. The minimum Gasteiger partial charge on any atom is -0.268 e. The Balaban J connectivity index is 1.93. The predicted octanol–water partition coefficient (Wildman–Crippen LogP) is 5.02. The first-order valence-electron chi connectivity index (χ1n) is 7.85. The summed E-state index contributed by atoms with van der Waals surface area (Å²) in [6.45, 7) is 1.59. The first-order valence-corrected chi connectivity index (χ1v) is 8.23. The number of carbonyl (C=O) groups excluding carboxylic acids is 2. The molecule has 0 bridgehead atoms. The van der Waals surface area contributed by atoms with E-state index in [2.05, 4.69) is 4.98 Å². The number of fused-ring (bicyclic) bond motifs is 3. The maximum absolute atomic E-state index is 13.2. The minimum absolute atomic E-state index is 0.0993. The third kappa shape index (κ3) is 2.57. The molecule has 1 aromatic heterocycles. The van der Waals surface area contributed by atoms with Gasteiger partial charge in [-0.1, -0.05) is 29.8 Å². The molecule has 1 aliphatic rings. The molecule has 0 saturated carbocycles. The molecule has 2 heterocycles. The Morgan fingerprint density at radius 1 is 1.00 bits per heavy atom. The number of aromatic nitrogens is 1. The normalized spacial score (nSPS) is 14.2. The van der Waals surface area contributed by atoms with Crippen LogP contribution in [0.3, 0.4) is 0 Å². The maximum atomic E-state index is 13.2. The number of para-hydroxylation sites is 1. The number of alkyl halides is 3. The van der Waals surface area contributed by atoms with E-state index >= 15 is 0 Å². The zero-order valence-electron chi connectivity index (χ0n) is 13.8. The van der Waals surface area contributed by atoms with Gasteiger partial charge in [0.1, 0.15) is 0 Å². The van der Waals surface area contributed by atoms with Crippen molar-refractivity contribution < 1.29 is 22.8 Å². The molecule has 136 valence electrons. The second kappa shape index (κ2) is 5.79. The van der Waals surface area contributed by atoms with Crippen LogP contribution in [0.15, 0.2) is 42.5 Å². The van der Waals surface area contributed by atoms with Gasteiger partial charge in [0, 0.05) is 5.39 Å². The highest BCUT2D eigenvalue weighted by molar-refractivity contribution is 6.38. The zero-order chi connectivity index (χ0) is 19.5. The second-order valence-corrected chi connectivity index (χ2v) is 6.48. The fraction of sp³-hybridized carbons (Fsp3) is 0.105. The number of pyridine rings is 1. The number of amides is 2. The van der Waals surface area contributed by atoms with Gasteiger partial charge in [-0.15, -0.1) is 0 Å². The molecule has 0 radical (unpaired) electrons. The molecule has 2 amide bonds. The second-order valence-electron chi connectivity index (χ2n) is 6.07. The van der Waals surface area contributed by atoms with Crippen molar-refractivity contribution >= 4 is 40.0 Å². The maximum Gasteiger partial charge on any atom is 0.417 e. The van der Waals surface area contributed by atoms with Crippen LogP contribution in [0.5, 0.6) is 0 Å². The van der Waals surface area contributed by atoms with Gasteiger partial charge in [-0.05, 0) is 31.2 Å². The summed E-state index contributed by atoms with van der Waals surface area (Å²) < 4.78 is 39.5. The number of benzene rings is 2. The van der Waals surface area contributed by atoms with Gasteiger partial charge in [0.15, 0.2) is 0 Å². The number of hydrogen-bond donors (Lipinski definition) is 0. The Labute approximate surface area is 156 Å². The number of imide groups is 1. The first-order chi connectivity index (χ1) is 12.7. The van der Waals surface area contributed by atoms with Gasteiger partial charge >= 0.3 is 6.18 Å². The van der Waals surface area contributed by atoms with Crippen LogP contribution < -0.4 is 4.90 Å². The largest absolute Gasteiger partial charge is 0.417 e. The van der Waals surface area contributed by atoms with Crippen LogP contribution >= 0.6 is 11.6 Å². The van der Waals surface area contributed by atoms with Crippen LogP contribution in [0.1, 0.15) is 32.0 Å². The number of anilines is 1. The number of carbonyl (C=O) groups is 2. The van der Waals surface area contributed by atoms with Crippen LogP contribution in [0.4, 0.5) is 18.9 Å². The minimum atomic E-state index is -4.71. The molecule has 1 aliphatic heterocycles. The molecule has 3 aromatic rings. The van der Waals surface area contributed by atoms with Gasteiger partial charge in [0.2, 0.25) is 0 Å². The number of nitrogens with zero attached hydrogens (tertiary/aromatic N) is 2. The number of halogens is 4. The molecule has 27 heavy (non-hydrogen) atoms. The van der Waals surface area contributed by atoms with Gasteiger partial charge in [0.05, 0.1) is 38.6 Å².